The van der Waals surface area contributed by atoms with Crippen LogP contribution in [0.5, 0.6) is 0 Å². The van der Waals surface area contributed by atoms with Crippen LogP contribution in [0.2, 0.25) is 0 Å². The van der Waals surface area contributed by atoms with Crippen molar-refractivity contribution in [1.82, 2.24) is 10.2 Å². The quantitative estimate of drug-likeness (QED) is 0.810. The van der Waals surface area contributed by atoms with Crippen LogP contribution in [0.15, 0.2) is 24.3 Å². The maximum Gasteiger partial charge on any atom is 0.241 e. The summed E-state index contributed by atoms with van der Waals surface area (Å²) < 4.78 is 0. The monoisotopic (exact) mass is 389 g/mol. The fourth-order valence-corrected chi connectivity index (χ4v) is 3.64. The highest BCUT2D eigenvalue weighted by atomic mass is 35.5. The van der Waals surface area contributed by atoms with Gasteiger partial charge in [0.1, 0.15) is 6.04 Å². The highest BCUT2D eigenvalue weighted by Crippen LogP contribution is 2.35. The summed E-state index contributed by atoms with van der Waals surface area (Å²) in [6, 6.07) is 7.25. The number of hydrogen-bond acceptors (Lipinski definition) is 3. The third-order valence-corrected chi connectivity index (χ3v) is 5.33. The second-order valence-corrected chi connectivity index (χ2v) is 7.43. The van der Waals surface area contributed by atoms with Gasteiger partial charge in [-0.05, 0) is 45.3 Å². The number of carbonyl (C=O) groups is 1. The van der Waals surface area contributed by atoms with Crippen molar-refractivity contribution >= 4 is 30.7 Å². The van der Waals surface area contributed by atoms with Crippen LogP contribution in [0.1, 0.15) is 49.8 Å². The molecule has 3 N–H and O–H groups in total. The van der Waals surface area contributed by atoms with Gasteiger partial charge in [-0.15, -0.1) is 24.8 Å². The maximum absolute atomic E-state index is 12.5. The molecule has 1 aliphatic rings. The molecule has 1 saturated carbocycles. The minimum Gasteiger partial charge on any atom is -0.353 e. The van der Waals surface area contributed by atoms with Gasteiger partial charge in [-0.25, -0.2) is 0 Å². The number of rotatable bonds is 5. The highest BCUT2D eigenvalue weighted by molar-refractivity contribution is 5.85. The maximum atomic E-state index is 12.5. The van der Waals surface area contributed by atoms with Gasteiger partial charge in [0.15, 0.2) is 0 Å². The van der Waals surface area contributed by atoms with Crippen LogP contribution >= 0.6 is 24.8 Å². The van der Waals surface area contributed by atoms with E-state index in [4.69, 9.17) is 5.73 Å². The Kier molecular flexibility index (Phi) is 10.0. The van der Waals surface area contributed by atoms with Crippen molar-refractivity contribution in [3.63, 3.8) is 0 Å². The van der Waals surface area contributed by atoms with Crippen molar-refractivity contribution in [2.75, 3.05) is 20.6 Å². The van der Waals surface area contributed by atoms with Gasteiger partial charge in [-0.2, -0.15) is 0 Å². The van der Waals surface area contributed by atoms with E-state index >= 15 is 0 Å². The van der Waals surface area contributed by atoms with Gasteiger partial charge < -0.3 is 16.0 Å². The predicted octanol–water partition coefficient (Wildman–Crippen LogP) is 3.47. The van der Waals surface area contributed by atoms with Gasteiger partial charge in [0.25, 0.3) is 0 Å². The molecular formula is C19H33Cl2N3O. The number of nitrogens with zero attached hydrogens (tertiary/aromatic N) is 1. The molecule has 0 aliphatic heterocycles. The molecule has 1 fully saturated rings. The van der Waals surface area contributed by atoms with Gasteiger partial charge in [0.2, 0.25) is 5.91 Å². The van der Waals surface area contributed by atoms with Gasteiger partial charge in [0, 0.05) is 12.1 Å². The third-order valence-electron chi connectivity index (χ3n) is 5.33. The summed E-state index contributed by atoms with van der Waals surface area (Å²) in [4.78, 5) is 14.7. The summed E-state index contributed by atoms with van der Waals surface area (Å²) in [5.41, 5.74) is 8.22. The minimum atomic E-state index is -0.601. The molecular weight excluding hydrogens is 357 g/mol. The molecule has 3 unspecified atom stereocenters. The SMILES string of the molecule is Cc1ccc(C(N)C(=O)NCC2(N(C)C)CCCC(C)C2)cc1.Cl.Cl. The van der Waals surface area contributed by atoms with Crippen LogP contribution in [-0.4, -0.2) is 37.0 Å². The van der Waals surface area contributed by atoms with Crippen molar-refractivity contribution in [2.45, 2.75) is 51.1 Å². The first-order valence-electron chi connectivity index (χ1n) is 8.61. The summed E-state index contributed by atoms with van der Waals surface area (Å²) in [7, 11) is 4.23. The smallest absolute Gasteiger partial charge is 0.241 e. The fourth-order valence-electron chi connectivity index (χ4n) is 3.64. The van der Waals surface area contributed by atoms with Gasteiger partial charge in [-0.3, -0.25) is 4.79 Å². The number of carbonyl (C=O) groups excluding carboxylic acids is 1. The molecule has 3 atom stereocenters. The summed E-state index contributed by atoms with van der Waals surface area (Å²) in [6.45, 7) is 5.00. The Bertz CT molecular complexity index is 536. The van der Waals surface area contributed by atoms with Crippen molar-refractivity contribution in [3.05, 3.63) is 35.4 Å². The van der Waals surface area contributed by atoms with Crippen LogP contribution in [-0.2, 0) is 4.79 Å². The summed E-state index contributed by atoms with van der Waals surface area (Å²) in [5, 5.41) is 3.10. The lowest BCUT2D eigenvalue weighted by Crippen LogP contribution is -2.55. The van der Waals surface area contributed by atoms with Crippen LogP contribution < -0.4 is 11.1 Å². The Labute approximate surface area is 164 Å². The molecule has 0 aromatic heterocycles. The minimum absolute atomic E-state index is 0. The molecule has 0 spiro atoms. The molecule has 1 aromatic rings. The zero-order chi connectivity index (χ0) is 17.0. The Morgan fingerprint density at radius 2 is 1.92 bits per heavy atom. The van der Waals surface area contributed by atoms with Crippen LogP contribution in [0.4, 0.5) is 0 Å². The normalized spacial score (nSPS) is 24.0. The number of nitrogens with one attached hydrogen (secondary N) is 1. The van der Waals surface area contributed by atoms with E-state index < -0.39 is 6.04 Å². The van der Waals surface area contributed by atoms with Crippen molar-refractivity contribution in [1.29, 1.82) is 0 Å². The Morgan fingerprint density at radius 3 is 2.44 bits per heavy atom. The third kappa shape index (κ3) is 6.14. The Morgan fingerprint density at radius 1 is 1.32 bits per heavy atom. The molecule has 0 heterocycles. The fraction of sp³-hybridized carbons (Fsp3) is 0.632. The zero-order valence-corrected chi connectivity index (χ0v) is 17.4. The lowest BCUT2D eigenvalue weighted by atomic mass is 9.75. The largest absolute Gasteiger partial charge is 0.353 e. The van der Waals surface area contributed by atoms with E-state index in [0.717, 1.165) is 18.4 Å². The molecule has 0 radical (unpaired) electrons. The number of amides is 1. The molecule has 4 nitrogen and oxygen atoms in total. The van der Waals surface area contributed by atoms with Crippen molar-refractivity contribution in [2.24, 2.45) is 11.7 Å². The van der Waals surface area contributed by atoms with E-state index in [1.165, 1.54) is 18.4 Å². The van der Waals surface area contributed by atoms with Crippen molar-refractivity contribution in [3.8, 4) is 0 Å². The van der Waals surface area contributed by atoms with E-state index in [9.17, 15) is 4.79 Å². The van der Waals surface area contributed by atoms with E-state index in [1.807, 2.05) is 31.2 Å². The molecule has 0 bridgehead atoms. The molecule has 1 aromatic carbocycles. The molecule has 1 amide bonds. The summed E-state index contributed by atoms with van der Waals surface area (Å²) in [5.74, 6) is 0.613. The lowest BCUT2D eigenvalue weighted by Gasteiger charge is -2.45. The first kappa shape index (κ1) is 24.2. The average molecular weight is 390 g/mol. The lowest BCUT2D eigenvalue weighted by molar-refractivity contribution is -0.123. The van der Waals surface area contributed by atoms with Gasteiger partial charge in [0.05, 0.1) is 0 Å². The molecule has 1 aliphatic carbocycles. The van der Waals surface area contributed by atoms with Crippen LogP contribution in [0.25, 0.3) is 0 Å². The van der Waals surface area contributed by atoms with E-state index in [-0.39, 0.29) is 36.3 Å². The van der Waals surface area contributed by atoms with Crippen molar-refractivity contribution < 1.29 is 4.79 Å². The second-order valence-electron chi connectivity index (χ2n) is 7.43. The standard InChI is InChI=1S/C19H31N3O.2ClH/c1-14-7-9-16(10-8-14)17(20)18(23)21-13-19(22(3)4)11-5-6-15(2)12-19;;/h7-10,15,17H,5-6,11-13,20H2,1-4H3,(H,21,23);2*1H. The van der Waals surface area contributed by atoms with E-state index in [0.29, 0.717) is 12.5 Å². The Balaban J connectivity index is 0.00000288. The predicted molar refractivity (Wildman–Crippen MR) is 110 cm³/mol. The summed E-state index contributed by atoms with van der Waals surface area (Å²) in [6.07, 6.45) is 4.76. The number of nitrogens with two attached hydrogens (primary N) is 1. The highest BCUT2D eigenvalue weighted by Gasteiger charge is 2.37. The molecule has 6 heteroatoms. The molecule has 2 rings (SSSR count). The zero-order valence-electron chi connectivity index (χ0n) is 15.7. The van der Waals surface area contributed by atoms with Crippen LogP contribution in [0.3, 0.4) is 0 Å². The number of halogens is 2. The first-order valence-corrected chi connectivity index (χ1v) is 8.61. The molecule has 144 valence electrons. The van der Waals surface area contributed by atoms with E-state index in [1.54, 1.807) is 0 Å². The molecule has 25 heavy (non-hydrogen) atoms. The first-order chi connectivity index (χ1) is 10.8. The number of aryl methyl sites for hydroxylation is 1. The Hall–Kier alpha value is -0.810. The van der Waals surface area contributed by atoms with E-state index in [2.05, 4.69) is 31.2 Å². The number of benzene rings is 1. The number of hydrogen-bond donors (Lipinski definition) is 2. The average Bonchev–Trinajstić information content (AvgIpc) is 2.52. The number of likely N-dealkylation sites (N-methyl/N-ethyl adjacent to an activating group) is 1. The second kappa shape index (κ2) is 10.4. The van der Waals surface area contributed by atoms with Crippen LogP contribution in [0, 0.1) is 12.8 Å². The molecule has 0 saturated heterocycles. The summed E-state index contributed by atoms with van der Waals surface area (Å²) >= 11 is 0. The topological polar surface area (TPSA) is 58.4 Å². The van der Waals surface area contributed by atoms with Gasteiger partial charge in [-0.1, -0.05) is 49.6 Å². The van der Waals surface area contributed by atoms with Gasteiger partial charge >= 0.3 is 0 Å².